The highest BCUT2D eigenvalue weighted by molar-refractivity contribution is 7.71. The molecular formula is C17H26N5OS+. The van der Waals surface area contributed by atoms with Crippen LogP contribution in [0.1, 0.15) is 26.3 Å². The van der Waals surface area contributed by atoms with E-state index in [1.54, 1.807) is 4.68 Å². The zero-order valence-corrected chi connectivity index (χ0v) is 15.5. The summed E-state index contributed by atoms with van der Waals surface area (Å²) in [4.78, 5) is 17.3. The first-order chi connectivity index (χ1) is 11.4. The van der Waals surface area contributed by atoms with E-state index < -0.39 is 0 Å². The fourth-order valence-electron chi connectivity index (χ4n) is 2.46. The van der Waals surface area contributed by atoms with Gasteiger partial charge < -0.3 is 10.2 Å². The van der Waals surface area contributed by atoms with Gasteiger partial charge in [-0.25, -0.2) is 4.68 Å². The fourth-order valence-corrected chi connectivity index (χ4v) is 2.67. The smallest absolute Gasteiger partial charge is 0.275 e. The lowest BCUT2D eigenvalue weighted by atomic mass is 10.1. The first-order valence-corrected chi connectivity index (χ1v) is 8.66. The van der Waals surface area contributed by atoms with Crippen LogP contribution in [0.5, 0.6) is 0 Å². The van der Waals surface area contributed by atoms with Gasteiger partial charge in [-0.1, -0.05) is 31.2 Å². The molecule has 0 saturated heterocycles. The zero-order valence-electron chi connectivity index (χ0n) is 14.7. The maximum Gasteiger partial charge on any atom is 0.275 e. The Labute approximate surface area is 147 Å². The van der Waals surface area contributed by atoms with E-state index in [1.165, 1.54) is 5.56 Å². The number of aromatic amines is 1. The number of rotatable bonds is 7. The highest BCUT2D eigenvalue weighted by Gasteiger charge is 2.13. The molecule has 0 aliphatic heterocycles. The van der Waals surface area contributed by atoms with E-state index in [9.17, 15) is 4.79 Å². The first-order valence-electron chi connectivity index (χ1n) is 8.25. The lowest BCUT2D eigenvalue weighted by molar-refractivity contribution is -0.895. The second-order valence-electron chi connectivity index (χ2n) is 6.35. The van der Waals surface area contributed by atoms with Crippen LogP contribution < -0.4 is 10.2 Å². The SMILES string of the molecule is CCc1ccc(-c2nc(=S)n(C[NH+](C)CC(=O)NC(C)C)[nH]2)cc1. The number of likely N-dealkylation sites (N-methyl/N-ethyl adjacent to an activating group) is 1. The van der Waals surface area contributed by atoms with Gasteiger partial charge in [0.1, 0.15) is 0 Å². The molecule has 1 atom stereocenters. The van der Waals surface area contributed by atoms with Gasteiger partial charge in [-0.05, 0) is 38.0 Å². The van der Waals surface area contributed by atoms with Crippen molar-refractivity contribution >= 4 is 18.1 Å². The van der Waals surface area contributed by atoms with Gasteiger partial charge in [-0.15, -0.1) is 0 Å². The summed E-state index contributed by atoms with van der Waals surface area (Å²) < 4.78 is 2.30. The van der Waals surface area contributed by atoms with E-state index in [0.29, 0.717) is 18.0 Å². The van der Waals surface area contributed by atoms with Gasteiger partial charge in [0.05, 0.1) is 7.05 Å². The van der Waals surface area contributed by atoms with Gasteiger partial charge >= 0.3 is 0 Å². The van der Waals surface area contributed by atoms with E-state index in [1.807, 2.05) is 33.0 Å². The Morgan fingerprint density at radius 3 is 2.62 bits per heavy atom. The molecule has 1 amide bonds. The van der Waals surface area contributed by atoms with E-state index in [-0.39, 0.29) is 11.9 Å². The molecule has 0 saturated carbocycles. The number of carbonyl (C=O) groups is 1. The topological polar surface area (TPSA) is 67.2 Å². The molecule has 24 heavy (non-hydrogen) atoms. The zero-order chi connectivity index (χ0) is 17.7. The van der Waals surface area contributed by atoms with E-state index in [4.69, 9.17) is 12.2 Å². The molecule has 1 heterocycles. The van der Waals surface area contributed by atoms with Gasteiger partial charge in [0, 0.05) is 11.6 Å². The van der Waals surface area contributed by atoms with Crippen LogP contribution >= 0.6 is 12.2 Å². The molecule has 0 aliphatic rings. The predicted octanol–water partition coefficient (Wildman–Crippen LogP) is 1.17. The molecule has 2 rings (SSSR count). The third-order valence-corrected chi connectivity index (χ3v) is 3.97. The highest BCUT2D eigenvalue weighted by atomic mass is 32.1. The van der Waals surface area contributed by atoms with Crippen molar-refractivity contribution in [1.82, 2.24) is 20.1 Å². The van der Waals surface area contributed by atoms with Crippen molar-refractivity contribution in [2.24, 2.45) is 0 Å². The molecule has 0 aliphatic carbocycles. The molecule has 3 N–H and O–H groups in total. The average Bonchev–Trinajstić information content (AvgIpc) is 2.87. The van der Waals surface area contributed by atoms with E-state index in [0.717, 1.165) is 22.7 Å². The maximum absolute atomic E-state index is 11.8. The van der Waals surface area contributed by atoms with Crippen molar-refractivity contribution < 1.29 is 9.69 Å². The van der Waals surface area contributed by atoms with Gasteiger partial charge in [-0.2, -0.15) is 4.98 Å². The normalized spacial score (nSPS) is 12.4. The number of quaternary nitrogens is 1. The standard InChI is InChI=1S/C17H25N5OS/c1-5-13-6-8-14(9-7-13)16-19-17(24)22(20-16)11-21(4)10-15(23)18-12(2)3/h6-9,12H,5,10-11H2,1-4H3,(H,18,23)(H,19,20,24)/p+1. The van der Waals surface area contributed by atoms with Crippen LogP contribution in [0, 0.1) is 4.77 Å². The van der Waals surface area contributed by atoms with Gasteiger partial charge in [0.15, 0.2) is 19.0 Å². The molecule has 1 unspecified atom stereocenters. The number of nitrogens with zero attached hydrogens (tertiary/aromatic N) is 2. The Balaban J connectivity index is 2.05. The number of hydrogen-bond donors (Lipinski definition) is 3. The van der Waals surface area contributed by atoms with Crippen LogP contribution in [0.2, 0.25) is 0 Å². The molecule has 0 radical (unpaired) electrons. The summed E-state index contributed by atoms with van der Waals surface area (Å²) in [7, 11) is 1.96. The highest BCUT2D eigenvalue weighted by Crippen LogP contribution is 2.15. The third-order valence-electron chi connectivity index (χ3n) is 3.65. The Hall–Kier alpha value is -1.99. The number of hydrogen-bond acceptors (Lipinski definition) is 3. The quantitative estimate of drug-likeness (QED) is 0.658. The number of H-pyrrole nitrogens is 1. The molecule has 0 fully saturated rings. The summed E-state index contributed by atoms with van der Waals surface area (Å²) in [6.07, 6.45) is 1.01. The second kappa shape index (κ2) is 8.21. The molecule has 6 nitrogen and oxygen atoms in total. The number of amides is 1. The van der Waals surface area contributed by atoms with E-state index >= 15 is 0 Å². The van der Waals surface area contributed by atoms with Crippen molar-refractivity contribution in [1.29, 1.82) is 0 Å². The minimum absolute atomic E-state index is 0.0314. The van der Waals surface area contributed by atoms with Crippen molar-refractivity contribution in [2.45, 2.75) is 39.9 Å². The van der Waals surface area contributed by atoms with Crippen LogP contribution in [0.15, 0.2) is 24.3 Å². The largest absolute Gasteiger partial charge is 0.349 e. The van der Waals surface area contributed by atoms with Crippen LogP contribution in [0.25, 0.3) is 11.4 Å². The predicted molar refractivity (Wildman–Crippen MR) is 97.3 cm³/mol. The lowest BCUT2D eigenvalue weighted by Crippen LogP contribution is -3.09. The minimum atomic E-state index is 0.0314. The summed E-state index contributed by atoms with van der Waals surface area (Å²) in [5, 5.41) is 6.12. The fraction of sp³-hybridized carbons (Fsp3) is 0.471. The Kier molecular flexibility index (Phi) is 6.28. The number of aryl methyl sites for hydroxylation is 1. The molecular weight excluding hydrogens is 322 g/mol. The van der Waals surface area contributed by atoms with Gasteiger partial charge in [-0.3, -0.25) is 9.89 Å². The molecule has 1 aromatic carbocycles. The number of carbonyl (C=O) groups excluding carboxylic acids is 1. The van der Waals surface area contributed by atoms with Crippen LogP contribution in [-0.4, -0.2) is 40.3 Å². The Morgan fingerprint density at radius 1 is 1.38 bits per heavy atom. The summed E-state index contributed by atoms with van der Waals surface area (Å²) in [5.74, 6) is 0.783. The molecule has 2 aromatic rings. The van der Waals surface area contributed by atoms with Crippen molar-refractivity contribution in [2.75, 3.05) is 13.6 Å². The molecule has 130 valence electrons. The monoisotopic (exact) mass is 348 g/mol. The summed E-state index contributed by atoms with van der Waals surface area (Å²) in [6, 6.07) is 8.43. The third kappa shape index (κ3) is 5.01. The van der Waals surface area contributed by atoms with Crippen molar-refractivity contribution in [3.05, 3.63) is 34.6 Å². The maximum atomic E-state index is 11.8. The Morgan fingerprint density at radius 2 is 2.04 bits per heavy atom. The first kappa shape index (κ1) is 18.4. The lowest BCUT2D eigenvalue weighted by Gasteiger charge is -2.15. The van der Waals surface area contributed by atoms with E-state index in [2.05, 4.69) is 34.5 Å². The summed E-state index contributed by atoms with van der Waals surface area (Å²) >= 11 is 5.33. The van der Waals surface area contributed by atoms with Gasteiger partial charge in [0.25, 0.3) is 5.91 Å². The second-order valence-corrected chi connectivity index (χ2v) is 6.71. The number of nitrogens with one attached hydrogen (secondary N) is 3. The van der Waals surface area contributed by atoms with Crippen molar-refractivity contribution in [3.63, 3.8) is 0 Å². The van der Waals surface area contributed by atoms with Crippen LogP contribution in [0.4, 0.5) is 0 Å². The van der Waals surface area contributed by atoms with Gasteiger partial charge in [0.2, 0.25) is 4.77 Å². The number of aromatic nitrogens is 3. The van der Waals surface area contributed by atoms with Crippen LogP contribution in [-0.2, 0) is 17.9 Å². The molecule has 0 spiro atoms. The van der Waals surface area contributed by atoms with Crippen LogP contribution in [0.3, 0.4) is 0 Å². The summed E-state index contributed by atoms with van der Waals surface area (Å²) in [6.45, 7) is 6.98. The molecule has 1 aromatic heterocycles. The minimum Gasteiger partial charge on any atom is -0.349 e. The summed E-state index contributed by atoms with van der Waals surface area (Å²) in [5.41, 5.74) is 2.30. The Bertz CT molecular complexity index is 732. The number of benzene rings is 1. The van der Waals surface area contributed by atoms with Crippen molar-refractivity contribution in [3.8, 4) is 11.4 Å². The average molecular weight is 348 g/mol. The molecule has 0 bridgehead atoms. The molecule has 7 heteroatoms.